The summed E-state index contributed by atoms with van der Waals surface area (Å²) in [6.45, 7) is 8.24. The van der Waals surface area contributed by atoms with Gasteiger partial charge in [-0.1, -0.05) is 13.5 Å². The molecule has 0 aliphatic heterocycles. The molecule has 3 N–H and O–H groups in total. The molecular weight excluding hydrogens is 228 g/mol. The van der Waals surface area contributed by atoms with E-state index in [0.717, 1.165) is 25.1 Å². The Morgan fingerprint density at radius 3 is 2.61 bits per heavy atom. The van der Waals surface area contributed by atoms with Gasteiger partial charge < -0.3 is 15.8 Å². The van der Waals surface area contributed by atoms with Crippen molar-refractivity contribution in [2.24, 2.45) is 5.73 Å². The molecule has 0 aliphatic carbocycles. The van der Waals surface area contributed by atoms with Gasteiger partial charge in [0.1, 0.15) is 12.4 Å². The third-order valence-corrected chi connectivity index (χ3v) is 2.38. The number of hydrogen-bond donors (Lipinski definition) is 2. The minimum atomic E-state index is -0.435. The molecule has 0 fully saturated rings. The van der Waals surface area contributed by atoms with Crippen LogP contribution in [0, 0.1) is 0 Å². The summed E-state index contributed by atoms with van der Waals surface area (Å²) in [5.41, 5.74) is 6.62. The molecular formula is C14H20N2O2. The highest BCUT2D eigenvalue weighted by Crippen LogP contribution is 2.12. The third kappa shape index (κ3) is 5.01. The second kappa shape index (κ2) is 7.50. The number of nitrogens with one attached hydrogen (secondary N) is 1. The van der Waals surface area contributed by atoms with Crippen LogP contribution in [-0.2, 0) is 0 Å². The topological polar surface area (TPSA) is 64.3 Å². The molecule has 1 aromatic carbocycles. The van der Waals surface area contributed by atoms with Crippen LogP contribution in [0.4, 0.5) is 0 Å². The molecule has 18 heavy (non-hydrogen) atoms. The van der Waals surface area contributed by atoms with E-state index in [1.54, 1.807) is 24.3 Å². The van der Waals surface area contributed by atoms with Crippen LogP contribution in [0.3, 0.4) is 0 Å². The van der Waals surface area contributed by atoms with Crippen molar-refractivity contribution < 1.29 is 9.53 Å². The monoisotopic (exact) mass is 248 g/mol. The van der Waals surface area contributed by atoms with Crippen LogP contribution in [0.25, 0.3) is 0 Å². The summed E-state index contributed by atoms with van der Waals surface area (Å²) in [6.07, 6.45) is 1.10. The van der Waals surface area contributed by atoms with Crippen molar-refractivity contribution in [3.63, 3.8) is 0 Å². The van der Waals surface area contributed by atoms with Crippen molar-refractivity contribution in [1.82, 2.24) is 5.32 Å². The van der Waals surface area contributed by atoms with Crippen molar-refractivity contribution >= 4 is 5.91 Å². The Bertz CT molecular complexity index is 399. The van der Waals surface area contributed by atoms with Gasteiger partial charge >= 0.3 is 0 Å². The summed E-state index contributed by atoms with van der Waals surface area (Å²) >= 11 is 0. The zero-order chi connectivity index (χ0) is 13.4. The molecule has 4 nitrogen and oxygen atoms in total. The van der Waals surface area contributed by atoms with E-state index < -0.39 is 5.91 Å². The predicted molar refractivity (Wildman–Crippen MR) is 72.8 cm³/mol. The fourth-order valence-electron chi connectivity index (χ4n) is 1.39. The molecule has 98 valence electrons. The fraction of sp³-hybridized carbons (Fsp3) is 0.357. The number of hydrogen-bond acceptors (Lipinski definition) is 3. The summed E-state index contributed by atoms with van der Waals surface area (Å²) < 4.78 is 5.54. The van der Waals surface area contributed by atoms with Crippen LogP contribution in [0.1, 0.15) is 23.7 Å². The largest absolute Gasteiger partial charge is 0.489 e. The maximum Gasteiger partial charge on any atom is 0.248 e. The molecule has 1 amide bonds. The van der Waals surface area contributed by atoms with Gasteiger partial charge in [0.25, 0.3) is 0 Å². The minimum absolute atomic E-state index is 0.435. The molecule has 0 spiro atoms. The van der Waals surface area contributed by atoms with Gasteiger partial charge in [0.05, 0.1) is 0 Å². The van der Waals surface area contributed by atoms with Gasteiger partial charge in [-0.15, -0.1) is 0 Å². The summed E-state index contributed by atoms with van der Waals surface area (Å²) in [6, 6.07) is 6.76. The van der Waals surface area contributed by atoms with Crippen molar-refractivity contribution in [2.75, 3.05) is 19.7 Å². The number of amides is 1. The third-order valence-electron chi connectivity index (χ3n) is 2.38. The van der Waals surface area contributed by atoms with Crippen LogP contribution in [-0.4, -0.2) is 25.6 Å². The Labute approximate surface area is 108 Å². The highest BCUT2D eigenvalue weighted by atomic mass is 16.5. The molecule has 0 aliphatic rings. The lowest BCUT2D eigenvalue weighted by Gasteiger charge is -2.09. The van der Waals surface area contributed by atoms with E-state index in [1.807, 2.05) is 0 Å². The van der Waals surface area contributed by atoms with Gasteiger partial charge in [0.15, 0.2) is 0 Å². The quantitative estimate of drug-likeness (QED) is 0.544. The van der Waals surface area contributed by atoms with Crippen LogP contribution < -0.4 is 15.8 Å². The highest BCUT2D eigenvalue weighted by Gasteiger charge is 2.01. The van der Waals surface area contributed by atoms with Gasteiger partial charge in [0.2, 0.25) is 5.91 Å². The molecule has 4 heteroatoms. The predicted octanol–water partition coefficient (Wildman–Crippen LogP) is 1.72. The first kappa shape index (κ1) is 14.3. The molecule has 0 radical (unpaired) electrons. The van der Waals surface area contributed by atoms with Crippen LogP contribution in [0.15, 0.2) is 36.4 Å². The lowest BCUT2D eigenvalue weighted by atomic mass is 10.2. The zero-order valence-corrected chi connectivity index (χ0v) is 10.7. The SMILES string of the molecule is C=C(CNCCC)COc1ccc(C(N)=O)cc1. The lowest BCUT2D eigenvalue weighted by Crippen LogP contribution is -2.20. The molecule has 0 saturated heterocycles. The van der Waals surface area contributed by atoms with E-state index >= 15 is 0 Å². The maximum atomic E-state index is 10.9. The Morgan fingerprint density at radius 2 is 2.06 bits per heavy atom. The first-order valence-corrected chi connectivity index (χ1v) is 6.03. The molecule has 0 atom stereocenters. The number of ether oxygens (including phenoxy) is 1. The molecule has 1 aromatic rings. The van der Waals surface area contributed by atoms with Gasteiger partial charge in [0, 0.05) is 12.1 Å². The molecule has 0 heterocycles. The van der Waals surface area contributed by atoms with E-state index in [4.69, 9.17) is 10.5 Å². The summed E-state index contributed by atoms with van der Waals surface area (Å²) in [4.78, 5) is 10.9. The molecule has 0 aromatic heterocycles. The molecule has 0 saturated carbocycles. The van der Waals surface area contributed by atoms with Crippen LogP contribution in [0.5, 0.6) is 5.75 Å². The molecule has 1 rings (SSSR count). The maximum absolute atomic E-state index is 10.9. The highest BCUT2D eigenvalue weighted by molar-refractivity contribution is 5.92. The van der Waals surface area contributed by atoms with E-state index in [-0.39, 0.29) is 0 Å². The first-order chi connectivity index (χ1) is 8.63. The second-order valence-corrected chi connectivity index (χ2v) is 4.10. The summed E-state index contributed by atoms with van der Waals surface area (Å²) in [5, 5.41) is 3.25. The second-order valence-electron chi connectivity index (χ2n) is 4.10. The molecule has 0 unspecified atom stereocenters. The number of carbonyl (C=O) groups is 1. The number of primary amides is 1. The number of nitrogens with two attached hydrogens (primary N) is 1. The smallest absolute Gasteiger partial charge is 0.248 e. The Morgan fingerprint density at radius 1 is 1.39 bits per heavy atom. The number of rotatable bonds is 8. The van der Waals surface area contributed by atoms with Gasteiger partial charge in [-0.25, -0.2) is 0 Å². The average Bonchev–Trinajstić information content (AvgIpc) is 2.37. The van der Waals surface area contributed by atoms with E-state index in [9.17, 15) is 4.79 Å². The first-order valence-electron chi connectivity index (χ1n) is 6.03. The van der Waals surface area contributed by atoms with Crippen LogP contribution >= 0.6 is 0 Å². The summed E-state index contributed by atoms with van der Waals surface area (Å²) in [5.74, 6) is 0.270. The van der Waals surface area contributed by atoms with E-state index in [1.165, 1.54) is 0 Å². The van der Waals surface area contributed by atoms with E-state index in [2.05, 4.69) is 18.8 Å². The fourth-order valence-corrected chi connectivity index (χ4v) is 1.39. The standard InChI is InChI=1S/C14H20N2O2/c1-3-8-16-9-11(2)10-18-13-6-4-12(5-7-13)14(15)17/h4-7,16H,2-3,8-10H2,1H3,(H2,15,17). The zero-order valence-electron chi connectivity index (χ0n) is 10.7. The van der Waals surface area contributed by atoms with Crippen LogP contribution in [0.2, 0.25) is 0 Å². The van der Waals surface area contributed by atoms with Gasteiger partial charge in [-0.05, 0) is 42.8 Å². The average molecular weight is 248 g/mol. The van der Waals surface area contributed by atoms with Crippen molar-refractivity contribution in [1.29, 1.82) is 0 Å². The Balaban J connectivity index is 2.34. The molecule has 0 bridgehead atoms. The number of benzene rings is 1. The van der Waals surface area contributed by atoms with Gasteiger partial charge in [-0.2, -0.15) is 0 Å². The van der Waals surface area contributed by atoms with Gasteiger partial charge in [-0.3, -0.25) is 4.79 Å². The van der Waals surface area contributed by atoms with E-state index in [0.29, 0.717) is 17.9 Å². The Hall–Kier alpha value is -1.81. The summed E-state index contributed by atoms with van der Waals surface area (Å²) in [7, 11) is 0. The van der Waals surface area contributed by atoms with Crippen molar-refractivity contribution in [2.45, 2.75) is 13.3 Å². The Kier molecular flexibility index (Phi) is 5.94. The lowest BCUT2D eigenvalue weighted by molar-refractivity contribution is 0.100. The van der Waals surface area contributed by atoms with Crippen molar-refractivity contribution in [3.8, 4) is 5.75 Å². The normalized spacial score (nSPS) is 10.1. The number of carbonyl (C=O) groups excluding carboxylic acids is 1. The van der Waals surface area contributed by atoms with Crippen molar-refractivity contribution in [3.05, 3.63) is 42.0 Å². The minimum Gasteiger partial charge on any atom is -0.489 e.